The smallest absolute Gasteiger partial charge is 0.416 e. The summed E-state index contributed by atoms with van der Waals surface area (Å²) in [6, 6.07) is 7.14. The molecule has 2 rings (SSSR count). The lowest BCUT2D eigenvalue weighted by atomic mass is 10.1. The molecule has 2 aromatic rings. The molecule has 144 valence electrons. The topological polar surface area (TPSA) is 93.5 Å². The van der Waals surface area contributed by atoms with E-state index in [9.17, 15) is 28.1 Å². The van der Waals surface area contributed by atoms with E-state index < -0.39 is 28.3 Å². The zero-order chi connectivity index (χ0) is 20.2. The van der Waals surface area contributed by atoms with Crippen LogP contribution in [0.1, 0.15) is 21.5 Å². The first-order valence-electron chi connectivity index (χ1n) is 7.66. The van der Waals surface area contributed by atoms with Gasteiger partial charge < -0.3 is 15.4 Å². The van der Waals surface area contributed by atoms with Crippen LogP contribution < -0.4 is 15.4 Å². The molecular formula is C17H16F3N3O4. The summed E-state index contributed by atoms with van der Waals surface area (Å²) in [5.41, 5.74) is -1.36. The normalized spacial score (nSPS) is 11.0. The first-order chi connectivity index (χ1) is 12.7. The number of carbonyl (C=O) groups is 1. The molecule has 0 unspecified atom stereocenters. The number of nitro groups is 1. The number of hydrogen-bond acceptors (Lipinski definition) is 5. The number of alkyl halides is 3. The Hall–Kier alpha value is -3.30. The summed E-state index contributed by atoms with van der Waals surface area (Å²) in [4.78, 5) is 22.1. The van der Waals surface area contributed by atoms with E-state index in [2.05, 4.69) is 10.6 Å². The zero-order valence-electron chi connectivity index (χ0n) is 14.4. The lowest BCUT2D eigenvalue weighted by Crippen LogP contribution is -2.18. The molecule has 0 bridgehead atoms. The van der Waals surface area contributed by atoms with Gasteiger partial charge in [0.2, 0.25) is 0 Å². The Morgan fingerprint density at radius 1 is 1.22 bits per heavy atom. The van der Waals surface area contributed by atoms with Crippen LogP contribution in [0, 0.1) is 10.1 Å². The molecule has 7 nitrogen and oxygen atoms in total. The molecule has 0 atom stereocenters. The molecule has 27 heavy (non-hydrogen) atoms. The highest BCUT2D eigenvalue weighted by Crippen LogP contribution is 2.35. The van der Waals surface area contributed by atoms with E-state index in [-0.39, 0.29) is 29.1 Å². The van der Waals surface area contributed by atoms with Crippen LogP contribution in [0.3, 0.4) is 0 Å². The van der Waals surface area contributed by atoms with E-state index in [1.807, 2.05) is 0 Å². The van der Waals surface area contributed by atoms with Gasteiger partial charge in [0.15, 0.2) is 0 Å². The van der Waals surface area contributed by atoms with Crippen LogP contribution in [0.4, 0.5) is 24.5 Å². The van der Waals surface area contributed by atoms with Gasteiger partial charge in [0.1, 0.15) is 11.4 Å². The van der Waals surface area contributed by atoms with Gasteiger partial charge in [0, 0.05) is 25.2 Å². The van der Waals surface area contributed by atoms with Crippen LogP contribution in [0.15, 0.2) is 36.4 Å². The van der Waals surface area contributed by atoms with Crippen molar-refractivity contribution in [1.29, 1.82) is 0 Å². The molecule has 0 radical (unpaired) electrons. The third kappa shape index (κ3) is 4.66. The second kappa shape index (κ2) is 7.94. The third-order valence-corrected chi connectivity index (χ3v) is 3.78. The largest absolute Gasteiger partial charge is 0.497 e. The molecular weight excluding hydrogens is 367 g/mol. The van der Waals surface area contributed by atoms with E-state index in [4.69, 9.17) is 4.74 Å². The van der Waals surface area contributed by atoms with Gasteiger partial charge in [-0.1, -0.05) is 6.07 Å². The maximum absolute atomic E-state index is 13.2. The molecule has 0 aliphatic heterocycles. The van der Waals surface area contributed by atoms with Gasteiger partial charge in [-0.25, -0.2) is 0 Å². The number of rotatable bonds is 6. The van der Waals surface area contributed by atoms with Crippen LogP contribution in [0.5, 0.6) is 5.75 Å². The Kier molecular flexibility index (Phi) is 5.88. The Balaban J connectivity index is 2.34. The van der Waals surface area contributed by atoms with Crippen molar-refractivity contribution in [2.24, 2.45) is 0 Å². The van der Waals surface area contributed by atoms with E-state index >= 15 is 0 Å². The fraction of sp³-hybridized carbons (Fsp3) is 0.235. The van der Waals surface area contributed by atoms with Gasteiger partial charge in [-0.15, -0.1) is 0 Å². The Bertz CT molecular complexity index is 869. The number of amides is 1. The van der Waals surface area contributed by atoms with Crippen LogP contribution in [-0.4, -0.2) is 25.0 Å². The highest BCUT2D eigenvalue weighted by Gasteiger charge is 2.33. The molecule has 0 heterocycles. The summed E-state index contributed by atoms with van der Waals surface area (Å²) in [6.45, 7) is -0.307. The van der Waals surface area contributed by atoms with Gasteiger partial charge in [-0.05, 0) is 29.8 Å². The number of ether oxygens (including phenoxy) is 1. The molecule has 2 aromatic carbocycles. The van der Waals surface area contributed by atoms with Crippen LogP contribution >= 0.6 is 0 Å². The number of anilines is 1. The number of nitrogens with one attached hydrogen (secondary N) is 2. The maximum Gasteiger partial charge on any atom is 0.416 e. The molecule has 0 aliphatic rings. The quantitative estimate of drug-likeness (QED) is 0.587. The summed E-state index contributed by atoms with van der Waals surface area (Å²) in [5.74, 6) is -0.467. The number of halogens is 3. The summed E-state index contributed by atoms with van der Waals surface area (Å²) in [7, 11) is 2.63. The van der Waals surface area contributed by atoms with E-state index in [1.54, 1.807) is 0 Å². The molecule has 10 heteroatoms. The fourth-order valence-corrected chi connectivity index (χ4v) is 2.41. The first kappa shape index (κ1) is 20.0. The average molecular weight is 383 g/mol. The number of nitro benzene ring substituents is 1. The lowest BCUT2D eigenvalue weighted by molar-refractivity contribution is -0.384. The summed E-state index contributed by atoms with van der Waals surface area (Å²) in [6.07, 6.45) is -4.61. The predicted molar refractivity (Wildman–Crippen MR) is 91.8 cm³/mol. The highest BCUT2D eigenvalue weighted by atomic mass is 19.4. The molecule has 0 spiro atoms. The molecule has 2 N–H and O–H groups in total. The van der Waals surface area contributed by atoms with Gasteiger partial charge in [0.25, 0.3) is 11.6 Å². The molecule has 0 aliphatic carbocycles. The Labute approximate surface area is 152 Å². The molecule has 0 aromatic heterocycles. The number of methoxy groups -OCH3 is 1. The monoisotopic (exact) mass is 383 g/mol. The Morgan fingerprint density at radius 2 is 1.93 bits per heavy atom. The maximum atomic E-state index is 13.2. The van der Waals surface area contributed by atoms with Crippen molar-refractivity contribution in [3.8, 4) is 5.75 Å². The van der Waals surface area contributed by atoms with Gasteiger partial charge >= 0.3 is 6.18 Å². The highest BCUT2D eigenvalue weighted by molar-refractivity contribution is 5.95. The van der Waals surface area contributed by atoms with Crippen LogP contribution in [0.2, 0.25) is 0 Å². The van der Waals surface area contributed by atoms with Gasteiger partial charge in [-0.3, -0.25) is 14.9 Å². The SMILES string of the molecule is CNC(=O)c1ccc(NCc2ccc(OC)cc2C(F)(F)F)c([N+](=O)[O-])c1. The number of hydrogen-bond donors (Lipinski definition) is 2. The third-order valence-electron chi connectivity index (χ3n) is 3.78. The minimum absolute atomic E-state index is 0.00315. The van der Waals surface area contributed by atoms with Crippen molar-refractivity contribution in [1.82, 2.24) is 5.32 Å². The minimum Gasteiger partial charge on any atom is -0.497 e. The number of benzene rings is 2. The first-order valence-corrected chi connectivity index (χ1v) is 7.66. The lowest BCUT2D eigenvalue weighted by Gasteiger charge is -2.15. The molecule has 0 saturated heterocycles. The van der Waals surface area contributed by atoms with Crippen molar-refractivity contribution in [3.63, 3.8) is 0 Å². The second-order valence-electron chi connectivity index (χ2n) is 5.44. The van der Waals surface area contributed by atoms with Crippen molar-refractivity contribution in [2.45, 2.75) is 12.7 Å². The Morgan fingerprint density at radius 3 is 2.48 bits per heavy atom. The van der Waals surface area contributed by atoms with Crippen molar-refractivity contribution in [2.75, 3.05) is 19.5 Å². The summed E-state index contributed by atoms with van der Waals surface area (Å²) in [5, 5.41) is 16.2. The number of nitrogens with zero attached hydrogens (tertiary/aromatic N) is 1. The standard InChI is InChI=1S/C17H16F3N3O4/c1-21-16(24)10-4-6-14(15(7-10)23(25)26)22-9-11-3-5-12(27-2)8-13(11)17(18,19)20/h3-8,22H,9H2,1-2H3,(H,21,24). The number of carbonyl (C=O) groups excluding carboxylic acids is 1. The van der Waals surface area contributed by atoms with Crippen molar-refractivity contribution >= 4 is 17.3 Å². The van der Waals surface area contributed by atoms with E-state index in [1.165, 1.54) is 38.4 Å². The average Bonchev–Trinajstić information content (AvgIpc) is 2.64. The van der Waals surface area contributed by atoms with Crippen LogP contribution in [0.25, 0.3) is 0 Å². The predicted octanol–water partition coefficient (Wildman–Crippen LogP) is 3.59. The second-order valence-corrected chi connectivity index (χ2v) is 5.44. The molecule has 0 saturated carbocycles. The van der Waals surface area contributed by atoms with Gasteiger partial charge in [0.05, 0.1) is 17.6 Å². The van der Waals surface area contributed by atoms with Gasteiger partial charge in [-0.2, -0.15) is 13.2 Å². The van der Waals surface area contributed by atoms with Crippen molar-refractivity contribution < 1.29 is 27.6 Å². The zero-order valence-corrected chi connectivity index (χ0v) is 14.4. The summed E-state index contributed by atoms with van der Waals surface area (Å²) >= 11 is 0. The molecule has 1 amide bonds. The minimum atomic E-state index is -4.61. The molecule has 0 fully saturated rings. The summed E-state index contributed by atoms with van der Waals surface area (Å²) < 4.78 is 44.5. The van der Waals surface area contributed by atoms with E-state index in [0.29, 0.717) is 0 Å². The van der Waals surface area contributed by atoms with Crippen molar-refractivity contribution in [3.05, 3.63) is 63.2 Å². The fourth-order valence-electron chi connectivity index (χ4n) is 2.41. The van der Waals surface area contributed by atoms with E-state index in [0.717, 1.165) is 12.1 Å². The van der Waals surface area contributed by atoms with Crippen LogP contribution in [-0.2, 0) is 12.7 Å².